The van der Waals surface area contributed by atoms with Crippen molar-refractivity contribution in [3.8, 4) is 0 Å². The van der Waals surface area contributed by atoms with Gasteiger partial charge in [-0.1, -0.05) is 72.3 Å². The van der Waals surface area contributed by atoms with Gasteiger partial charge in [0.05, 0.1) is 18.2 Å². The van der Waals surface area contributed by atoms with Crippen LogP contribution in [-0.4, -0.2) is 25.5 Å². The Kier molecular flexibility index (Phi) is 6.48. The Hall–Kier alpha value is -2.30. The van der Waals surface area contributed by atoms with Gasteiger partial charge in [0.1, 0.15) is 6.20 Å². The maximum Gasteiger partial charge on any atom is 0.292 e. The number of ether oxygens (including phenoxy) is 2. The zero-order valence-corrected chi connectivity index (χ0v) is 14.6. The van der Waals surface area contributed by atoms with Gasteiger partial charge >= 0.3 is 0 Å². The van der Waals surface area contributed by atoms with Crippen LogP contribution in [0.3, 0.4) is 0 Å². The monoisotopic (exact) mass is 355 g/mol. The van der Waals surface area contributed by atoms with Gasteiger partial charge in [0.15, 0.2) is 6.23 Å². The summed E-state index contributed by atoms with van der Waals surface area (Å²) in [5, 5.41) is 3.44. The van der Waals surface area contributed by atoms with Gasteiger partial charge in [-0.2, -0.15) is 4.99 Å². The van der Waals surface area contributed by atoms with Crippen LogP contribution in [0.4, 0.5) is 0 Å². The normalized spacial score (nSPS) is 16.6. The van der Waals surface area contributed by atoms with Crippen molar-refractivity contribution in [2.24, 2.45) is 4.99 Å². The minimum absolute atomic E-state index is 0.380. The molecule has 25 heavy (non-hydrogen) atoms. The first-order chi connectivity index (χ1) is 12.3. The Morgan fingerprint density at radius 1 is 0.920 bits per heavy atom. The summed E-state index contributed by atoms with van der Waals surface area (Å²) >= 11 is 6.12. The van der Waals surface area contributed by atoms with Gasteiger partial charge in [-0.05, 0) is 17.5 Å². The van der Waals surface area contributed by atoms with Crippen molar-refractivity contribution in [2.75, 3.05) is 13.2 Å². The first-order valence-electron chi connectivity index (χ1n) is 8.26. The van der Waals surface area contributed by atoms with Crippen LogP contribution in [-0.2, 0) is 22.3 Å². The van der Waals surface area contributed by atoms with Gasteiger partial charge in [-0.25, -0.2) is 0 Å². The van der Waals surface area contributed by atoms with Crippen LogP contribution in [0.5, 0.6) is 0 Å². The molecule has 0 aromatic heterocycles. The number of benzene rings is 2. The summed E-state index contributed by atoms with van der Waals surface area (Å²) in [6.07, 6.45) is 3.87. The van der Waals surface area contributed by atoms with Gasteiger partial charge in [0.2, 0.25) is 0 Å². The van der Waals surface area contributed by atoms with Gasteiger partial charge in [-0.3, -0.25) is 0 Å². The molecule has 3 rings (SSSR count). The number of amidine groups is 1. The summed E-state index contributed by atoms with van der Waals surface area (Å²) in [6, 6.07) is 20.7. The van der Waals surface area contributed by atoms with Crippen LogP contribution in [0.1, 0.15) is 11.1 Å². The van der Waals surface area contributed by atoms with E-state index in [1.54, 1.807) is 0 Å². The maximum atomic E-state index is 6.12. The molecular weight excluding hydrogens is 336 g/mol. The molecule has 0 amide bonds. The third-order valence-corrected chi connectivity index (χ3v) is 4.02. The zero-order chi connectivity index (χ0) is 17.3. The van der Waals surface area contributed by atoms with Crippen LogP contribution in [0.25, 0.3) is 0 Å². The molecule has 1 aliphatic heterocycles. The van der Waals surface area contributed by atoms with Gasteiger partial charge in [0, 0.05) is 6.42 Å². The zero-order valence-electron chi connectivity index (χ0n) is 13.8. The van der Waals surface area contributed by atoms with E-state index >= 15 is 0 Å². The molecule has 0 unspecified atom stereocenters. The quantitative estimate of drug-likeness (QED) is 0.824. The summed E-state index contributed by atoms with van der Waals surface area (Å²) in [7, 11) is 0. The Balaban J connectivity index is 1.42. The number of hydrogen-bond donors (Lipinski definition) is 1. The minimum Gasteiger partial charge on any atom is -0.465 e. The molecule has 4 nitrogen and oxygen atoms in total. The topological polar surface area (TPSA) is 42.8 Å². The second kappa shape index (κ2) is 9.25. The van der Waals surface area contributed by atoms with Gasteiger partial charge < -0.3 is 14.8 Å². The molecular formula is C20H20ClN2O2. The third kappa shape index (κ3) is 5.62. The molecule has 0 saturated carbocycles. The van der Waals surface area contributed by atoms with E-state index in [9.17, 15) is 0 Å². The van der Waals surface area contributed by atoms with Gasteiger partial charge in [-0.15, -0.1) is 0 Å². The second-order valence-electron chi connectivity index (χ2n) is 5.59. The van der Waals surface area contributed by atoms with Crippen LogP contribution < -0.4 is 5.32 Å². The van der Waals surface area contributed by atoms with Crippen molar-refractivity contribution in [2.45, 2.75) is 19.1 Å². The van der Waals surface area contributed by atoms with E-state index in [0.29, 0.717) is 24.3 Å². The molecule has 1 atom stereocenters. The number of hydrogen-bond acceptors (Lipinski definition) is 4. The molecule has 5 heteroatoms. The van der Waals surface area contributed by atoms with Crippen molar-refractivity contribution in [1.29, 1.82) is 0 Å². The fourth-order valence-corrected chi connectivity index (χ4v) is 2.57. The Labute approximate surface area is 153 Å². The average Bonchev–Trinajstić information content (AvgIpc) is 2.66. The number of nitrogens with one attached hydrogen (secondary N) is 1. The molecule has 1 N–H and O–H groups in total. The van der Waals surface area contributed by atoms with Crippen LogP contribution in [0.15, 0.2) is 70.7 Å². The molecule has 1 radical (unpaired) electrons. The lowest BCUT2D eigenvalue weighted by Gasteiger charge is -2.23. The Morgan fingerprint density at radius 3 is 2.16 bits per heavy atom. The molecule has 0 aliphatic carbocycles. The molecule has 0 spiro atoms. The van der Waals surface area contributed by atoms with Crippen molar-refractivity contribution >= 4 is 17.6 Å². The van der Waals surface area contributed by atoms with E-state index in [2.05, 4.69) is 40.8 Å². The molecule has 1 heterocycles. The molecule has 0 saturated heterocycles. The first-order valence-corrected chi connectivity index (χ1v) is 8.64. The number of nitrogens with zero attached hydrogens (tertiary/aromatic N) is 1. The summed E-state index contributed by atoms with van der Waals surface area (Å²) in [5.74, 6) is 0. The highest BCUT2D eigenvalue weighted by atomic mass is 35.5. The molecule has 2 aromatic carbocycles. The lowest BCUT2D eigenvalue weighted by Crippen LogP contribution is -2.41. The predicted octanol–water partition coefficient (Wildman–Crippen LogP) is 3.67. The molecule has 0 fully saturated rings. The van der Waals surface area contributed by atoms with Crippen LogP contribution in [0, 0.1) is 6.20 Å². The summed E-state index contributed by atoms with van der Waals surface area (Å²) in [5.41, 5.74) is 2.43. The molecule has 0 bridgehead atoms. The van der Waals surface area contributed by atoms with E-state index in [0.717, 1.165) is 12.8 Å². The van der Waals surface area contributed by atoms with E-state index in [4.69, 9.17) is 21.1 Å². The summed E-state index contributed by atoms with van der Waals surface area (Å²) in [6.45, 7) is 1.06. The Morgan fingerprint density at radius 2 is 1.52 bits per heavy atom. The van der Waals surface area contributed by atoms with E-state index in [1.807, 2.05) is 36.4 Å². The number of halogens is 1. The number of rotatable bonds is 7. The summed E-state index contributed by atoms with van der Waals surface area (Å²) < 4.78 is 11.4. The average molecular weight is 356 g/mol. The molecule has 129 valence electrons. The van der Waals surface area contributed by atoms with Crippen LogP contribution >= 0.6 is 11.6 Å². The fraction of sp³-hybridized carbons (Fsp3) is 0.250. The third-order valence-electron chi connectivity index (χ3n) is 3.74. The predicted molar refractivity (Wildman–Crippen MR) is 99.2 cm³/mol. The SMILES string of the molecule is ClC1=[C]N=C(OCCc2ccccc2)N[C@H]1OCCc1ccccc1. The fourth-order valence-electron chi connectivity index (χ4n) is 2.41. The highest BCUT2D eigenvalue weighted by Crippen LogP contribution is 2.14. The standard InChI is InChI=1S/C20H20ClN2O2/c21-18-15-22-20(25-14-12-17-9-5-2-6-10-17)23-19(18)24-13-11-16-7-3-1-4-8-16/h1-10,19H,11-14H2,(H,22,23)/t19-/m0/s1. The lowest BCUT2D eigenvalue weighted by molar-refractivity contribution is 0.0668. The van der Waals surface area contributed by atoms with Crippen molar-refractivity contribution in [3.05, 3.63) is 83.0 Å². The summed E-state index contributed by atoms with van der Waals surface area (Å²) in [4.78, 5) is 4.04. The van der Waals surface area contributed by atoms with E-state index in [-0.39, 0.29) is 0 Å². The first kappa shape index (κ1) is 17.5. The minimum atomic E-state index is -0.477. The van der Waals surface area contributed by atoms with Gasteiger partial charge in [0.25, 0.3) is 6.02 Å². The highest BCUT2D eigenvalue weighted by molar-refractivity contribution is 6.30. The second-order valence-corrected chi connectivity index (χ2v) is 6.00. The maximum absolute atomic E-state index is 6.12. The molecule has 1 aliphatic rings. The number of aliphatic imine (C=N–C) groups is 1. The Bertz CT molecular complexity index is 717. The smallest absolute Gasteiger partial charge is 0.292 e. The van der Waals surface area contributed by atoms with Crippen molar-refractivity contribution in [3.63, 3.8) is 0 Å². The van der Waals surface area contributed by atoms with Crippen molar-refractivity contribution in [1.82, 2.24) is 5.32 Å². The van der Waals surface area contributed by atoms with E-state index in [1.165, 1.54) is 11.1 Å². The van der Waals surface area contributed by atoms with Crippen molar-refractivity contribution < 1.29 is 9.47 Å². The van der Waals surface area contributed by atoms with E-state index < -0.39 is 6.23 Å². The molecule has 2 aromatic rings. The highest BCUT2D eigenvalue weighted by Gasteiger charge is 2.20. The lowest BCUT2D eigenvalue weighted by atomic mass is 10.2. The van der Waals surface area contributed by atoms with Crippen LogP contribution in [0.2, 0.25) is 0 Å². The largest absolute Gasteiger partial charge is 0.465 e.